The maximum absolute atomic E-state index is 12.5. The van der Waals surface area contributed by atoms with Crippen LogP contribution in [0.15, 0.2) is 36.5 Å². The van der Waals surface area contributed by atoms with Crippen LogP contribution in [-0.2, 0) is 6.18 Å². The van der Waals surface area contributed by atoms with Crippen molar-refractivity contribution in [3.05, 3.63) is 47.8 Å². The van der Waals surface area contributed by atoms with Crippen LogP contribution < -0.4 is 10.1 Å². The van der Waals surface area contributed by atoms with Crippen LogP contribution in [0.5, 0.6) is 5.75 Å². The van der Waals surface area contributed by atoms with Gasteiger partial charge >= 0.3 is 6.18 Å². The average molecular weight is 297 g/mol. The third-order valence-corrected chi connectivity index (χ3v) is 2.59. The van der Waals surface area contributed by atoms with Crippen molar-refractivity contribution in [2.24, 2.45) is 0 Å². The molecule has 0 radical (unpaired) electrons. The Balaban J connectivity index is 1.84. The highest BCUT2D eigenvalue weighted by Gasteiger charge is 2.32. The SMILES string of the molecule is Cc1cccc(OCCNc2nccc(C(F)(F)F)n2)c1. The lowest BCUT2D eigenvalue weighted by molar-refractivity contribution is -0.141. The highest BCUT2D eigenvalue weighted by molar-refractivity contribution is 5.28. The lowest BCUT2D eigenvalue weighted by Crippen LogP contribution is -2.15. The van der Waals surface area contributed by atoms with E-state index in [2.05, 4.69) is 15.3 Å². The number of aryl methyl sites for hydroxylation is 1. The largest absolute Gasteiger partial charge is 0.492 e. The molecule has 4 nitrogen and oxygen atoms in total. The van der Waals surface area contributed by atoms with Gasteiger partial charge in [-0.3, -0.25) is 0 Å². The fraction of sp³-hybridized carbons (Fsp3) is 0.286. The standard InChI is InChI=1S/C14H14F3N3O/c1-10-3-2-4-11(9-10)21-8-7-19-13-18-6-5-12(20-13)14(15,16)17/h2-6,9H,7-8H2,1H3,(H,18,19,20). The van der Waals surface area contributed by atoms with Crippen LogP contribution in [-0.4, -0.2) is 23.1 Å². The zero-order chi connectivity index (χ0) is 15.3. The molecule has 0 saturated heterocycles. The van der Waals surface area contributed by atoms with Gasteiger partial charge in [-0.2, -0.15) is 13.2 Å². The van der Waals surface area contributed by atoms with Crippen molar-refractivity contribution >= 4 is 5.95 Å². The first-order valence-corrected chi connectivity index (χ1v) is 6.29. The Morgan fingerprint density at radius 1 is 1.24 bits per heavy atom. The van der Waals surface area contributed by atoms with Crippen LogP contribution in [0.2, 0.25) is 0 Å². The summed E-state index contributed by atoms with van der Waals surface area (Å²) in [5.74, 6) is 0.638. The highest BCUT2D eigenvalue weighted by Crippen LogP contribution is 2.27. The molecule has 2 aromatic rings. The molecular weight excluding hydrogens is 283 g/mol. The molecule has 2 rings (SSSR count). The smallest absolute Gasteiger partial charge is 0.433 e. The summed E-state index contributed by atoms with van der Waals surface area (Å²) in [6, 6.07) is 8.33. The summed E-state index contributed by atoms with van der Waals surface area (Å²) in [6.07, 6.45) is -3.41. The second-order valence-electron chi connectivity index (χ2n) is 4.35. The van der Waals surface area contributed by atoms with Gasteiger partial charge in [0.2, 0.25) is 5.95 Å². The van der Waals surface area contributed by atoms with Crippen LogP contribution in [0.1, 0.15) is 11.3 Å². The van der Waals surface area contributed by atoms with Crippen LogP contribution >= 0.6 is 0 Å². The Hall–Kier alpha value is -2.31. The van der Waals surface area contributed by atoms with Gasteiger partial charge in [-0.25, -0.2) is 9.97 Å². The third-order valence-electron chi connectivity index (χ3n) is 2.59. The number of rotatable bonds is 5. The van der Waals surface area contributed by atoms with E-state index in [0.29, 0.717) is 18.9 Å². The molecule has 1 aromatic heterocycles. The number of alkyl halides is 3. The lowest BCUT2D eigenvalue weighted by Gasteiger charge is -2.09. The summed E-state index contributed by atoms with van der Waals surface area (Å²) < 4.78 is 42.9. The molecule has 21 heavy (non-hydrogen) atoms. The molecule has 1 N–H and O–H groups in total. The Morgan fingerprint density at radius 3 is 2.76 bits per heavy atom. The van der Waals surface area contributed by atoms with Gasteiger partial charge in [0, 0.05) is 6.20 Å². The number of hydrogen-bond acceptors (Lipinski definition) is 4. The van der Waals surface area contributed by atoms with Crippen LogP contribution in [0.4, 0.5) is 19.1 Å². The highest BCUT2D eigenvalue weighted by atomic mass is 19.4. The number of halogens is 3. The third kappa shape index (κ3) is 4.62. The predicted octanol–water partition coefficient (Wildman–Crippen LogP) is 3.29. The van der Waals surface area contributed by atoms with Gasteiger partial charge in [0.15, 0.2) is 0 Å². The van der Waals surface area contributed by atoms with E-state index in [0.717, 1.165) is 17.8 Å². The molecule has 1 aromatic carbocycles. The predicted molar refractivity (Wildman–Crippen MR) is 72.2 cm³/mol. The van der Waals surface area contributed by atoms with Gasteiger partial charge in [-0.15, -0.1) is 0 Å². The quantitative estimate of drug-likeness (QED) is 0.860. The van der Waals surface area contributed by atoms with E-state index < -0.39 is 11.9 Å². The van der Waals surface area contributed by atoms with E-state index in [9.17, 15) is 13.2 Å². The summed E-state index contributed by atoms with van der Waals surface area (Å²) >= 11 is 0. The summed E-state index contributed by atoms with van der Waals surface area (Å²) in [4.78, 5) is 7.13. The topological polar surface area (TPSA) is 47.0 Å². The van der Waals surface area contributed by atoms with Crippen molar-refractivity contribution in [2.45, 2.75) is 13.1 Å². The van der Waals surface area contributed by atoms with Gasteiger partial charge in [-0.1, -0.05) is 12.1 Å². The number of ether oxygens (including phenoxy) is 1. The van der Waals surface area contributed by atoms with E-state index >= 15 is 0 Å². The minimum atomic E-state index is -4.47. The molecule has 0 unspecified atom stereocenters. The number of anilines is 1. The molecule has 0 bridgehead atoms. The molecule has 7 heteroatoms. The molecule has 0 aliphatic heterocycles. The molecule has 0 amide bonds. The normalized spacial score (nSPS) is 11.2. The first kappa shape index (κ1) is 15.1. The number of aromatic nitrogens is 2. The molecule has 1 heterocycles. The van der Waals surface area contributed by atoms with E-state index in [-0.39, 0.29) is 5.95 Å². The fourth-order valence-electron chi connectivity index (χ4n) is 1.64. The summed E-state index contributed by atoms with van der Waals surface area (Å²) in [6.45, 7) is 2.54. The summed E-state index contributed by atoms with van der Waals surface area (Å²) in [5, 5.41) is 2.69. The van der Waals surface area contributed by atoms with Crippen molar-refractivity contribution in [1.29, 1.82) is 0 Å². The van der Waals surface area contributed by atoms with Crippen LogP contribution in [0.3, 0.4) is 0 Å². The van der Waals surface area contributed by atoms with Gasteiger partial charge in [0.1, 0.15) is 18.1 Å². The molecular formula is C14H14F3N3O. The van der Waals surface area contributed by atoms with E-state index in [1.54, 1.807) is 0 Å². The lowest BCUT2D eigenvalue weighted by atomic mass is 10.2. The van der Waals surface area contributed by atoms with Crippen molar-refractivity contribution in [2.75, 3.05) is 18.5 Å². The minimum Gasteiger partial charge on any atom is -0.492 e. The molecule has 0 spiro atoms. The Bertz CT molecular complexity index is 602. The number of benzene rings is 1. The maximum Gasteiger partial charge on any atom is 0.433 e. The van der Waals surface area contributed by atoms with Crippen LogP contribution in [0, 0.1) is 6.92 Å². The zero-order valence-corrected chi connectivity index (χ0v) is 11.3. The van der Waals surface area contributed by atoms with Crippen molar-refractivity contribution in [1.82, 2.24) is 9.97 Å². The number of nitrogens with zero attached hydrogens (tertiary/aromatic N) is 2. The molecule has 0 aliphatic carbocycles. The van der Waals surface area contributed by atoms with Crippen molar-refractivity contribution in [3.8, 4) is 5.75 Å². The molecule has 0 fully saturated rings. The molecule has 112 valence electrons. The first-order chi connectivity index (χ1) is 9.95. The zero-order valence-electron chi connectivity index (χ0n) is 11.3. The maximum atomic E-state index is 12.5. The van der Waals surface area contributed by atoms with E-state index in [1.165, 1.54) is 0 Å². The van der Waals surface area contributed by atoms with Crippen molar-refractivity contribution < 1.29 is 17.9 Å². The van der Waals surface area contributed by atoms with Gasteiger partial charge in [0.25, 0.3) is 0 Å². The number of nitrogens with one attached hydrogen (secondary N) is 1. The first-order valence-electron chi connectivity index (χ1n) is 6.29. The van der Waals surface area contributed by atoms with Gasteiger partial charge in [-0.05, 0) is 30.7 Å². The fourth-order valence-corrected chi connectivity index (χ4v) is 1.64. The molecule has 0 saturated carbocycles. The number of hydrogen-bond donors (Lipinski definition) is 1. The minimum absolute atomic E-state index is 0.0716. The van der Waals surface area contributed by atoms with E-state index in [4.69, 9.17) is 4.74 Å². The average Bonchev–Trinajstić information content (AvgIpc) is 2.43. The van der Waals surface area contributed by atoms with Gasteiger partial charge in [0.05, 0.1) is 6.54 Å². The van der Waals surface area contributed by atoms with E-state index in [1.807, 2.05) is 31.2 Å². The summed E-state index contributed by atoms with van der Waals surface area (Å²) in [5.41, 5.74) is 0.0984. The van der Waals surface area contributed by atoms with Gasteiger partial charge < -0.3 is 10.1 Å². The second-order valence-corrected chi connectivity index (χ2v) is 4.35. The Morgan fingerprint density at radius 2 is 2.05 bits per heavy atom. The monoisotopic (exact) mass is 297 g/mol. The van der Waals surface area contributed by atoms with Crippen molar-refractivity contribution in [3.63, 3.8) is 0 Å². The van der Waals surface area contributed by atoms with Crippen LogP contribution in [0.25, 0.3) is 0 Å². The Labute approximate surface area is 120 Å². The molecule has 0 atom stereocenters. The Kier molecular flexibility index (Phi) is 4.62. The second kappa shape index (κ2) is 6.43. The molecule has 0 aliphatic rings. The summed E-state index contributed by atoms with van der Waals surface area (Å²) in [7, 11) is 0.